The Kier molecular flexibility index (Phi) is 6.67. The normalized spacial score (nSPS) is 15.0. The molecule has 1 amide bonds. The predicted molar refractivity (Wildman–Crippen MR) is 120 cm³/mol. The average molecular weight is 427 g/mol. The smallest absolute Gasteiger partial charge is 0.222 e. The summed E-state index contributed by atoms with van der Waals surface area (Å²) in [6.07, 6.45) is 3.72. The summed E-state index contributed by atoms with van der Waals surface area (Å²) < 4.78 is 2.12. The Labute approximate surface area is 180 Å². The highest BCUT2D eigenvalue weighted by Gasteiger charge is 2.20. The van der Waals surface area contributed by atoms with E-state index in [0.717, 1.165) is 65.6 Å². The summed E-state index contributed by atoms with van der Waals surface area (Å²) >= 11 is 3.34. The molecule has 0 spiro atoms. The molecule has 7 heteroatoms. The van der Waals surface area contributed by atoms with Crippen LogP contribution in [0.2, 0.25) is 0 Å². The molecule has 3 heterocycles. The van der Waals surface area contributed by atoms with Crippen LogP contribution in [-0.4, -0.2) is 44.4 Å². The lowest BCUT2D eigenvalue weighted by Gasteiger charge is -2.30. The van der Waals surface area contributed by atoms with E-state index in [-0.39, 0.29) is 0 Å². The highest BCUT2D eigenvalue weighted by Crippen LogP contribution is 2.30. The second-order valence-electron chi connectivity index (χ2n) is 7.47. The van der Waals surface area contributed by atoms with Crippen molar-refractivity contribution >= 4 is 29.0 Å². The van der Waals surface area contributed by atoms with Crippen LogP contribution in [0.4, 0.5) is 0 Å². The van der Waals surface area contributed by atoms with Gasteiger partial charge in [-0.3, -0.25) is 9.36 Å². The Morgan fingerprint density at radius 1 is 1.14 bits per heavy atom. The number of thiophene rings is 1. The Morgan fingerprint density at radius 2 is 1.93 bits per heavy atom. The van der Waals surface area contributed by atoms with Crippen LogP contribution in [0.1, 0.15) is 32.6 Å². The van der Waals surface area contributed by atoms with Crippen LogP contribution in [0.15, 0.2) is 53.0 Å². The van der Waals surface area contributed by atoms with Crippen molar-refractivity contribution in [2.45, 2.75) is 37.8 Å². The number of hydrogen-bond donors (Lipinski definition) is 0. The molecule has 2 aromatic heterocycles. The minimum Gasteiger partial charge on any atom is -0.343 e. The second kappa shape index (κ2) is 9.59. The van der Waals surface area contributed by atoms with Gasteiger partial charge in [-0.1, -0.05) is 43.0 Å². The van der Waals surface area contributed by atoms with E-state index in [9.17, 15) is 4.79 Å². The Morgan fingerprint density at radius 3 is 2.66 bits per heavy atom. The van der Waals surface area contributed by atoms with Crippen molar-refractivity contribution in [3.63, 3.8) is 0 Å². The van der Waals surface area contributed by atoms with Gasteiger partial charge in [0.15, 0.2) is 11.0 Å². The number of para-hydroxylation sites is 1. The number of amides is 1. The first-order chi connectivity index (χ1) is 14.2. The zero-order valence-corrected chi connectivity index (χ0v) is 18.3. The lowest BCUT2D eigenvalue weighted by atomic mass is 9.99. The van der Waals surface area contributed by atoms with E-state index in [1.165, 1.54) is 0 Å². The van der Waals surface area contributed by atoms with Crippen LogP contribution >= 0.6 is 23.1 Å². The van der Waals surface area contributed by atoms with Gasteiger partial charge < -0.3 is 4.90 Å². The number of piperidine rings is 1. The number of rotatable bonds is 7. The molecule has 1 saturated heterocycles. The molecule has 0 atom stereocenters. The van der Waals surface area contributed by atoms with Crippen molar-refractivity contribution in [1.29, 1.82) is 0 Å². The van der Waals surface area contributed by atoms with Crippen LogP contribution in [0.3, 0.4) is 0 Å². The van der Waals surface area contributed by atoms with Gasteiger partial charge in [-0.15, -0.1) is 21.5 Å². The molecule has 1 aliphatic rings. The van der Waals surface area contributed by atoms with Gasteiger partial charge in [-0.05, 0) is 48.8 Å². The van der Waals surface area contributed by atoms with Gasteiger partial charge in [0, 0.05) is 31.0 Å². The zero-order chi connectivity index (χ0) is 20.1. The summed E-state index contributed by atoms with van der Waals surface area (Å²) in [5.41, 5.74) is 1.06. The van der Waals surface area contributed by atoms with Crippen LogP contribution < -0.4 is 0 Å². The van der Waals surface area contributed by atoms with E-state index < -0.39 is 0 Å². The van der Waals surface area contributed by atoms with Gasteiger partial charge in [0.05, 0.1) is 4.88 Å². The van der Waals surface area contributed by atoms with E-state index >= 15 is 0 Å². The number of likely N-dealkylation sites (tertiary alicyclic amines) is 1. The van der Waals surface area contributed by atoms with Gasteiger partial charge in [0.25, 0.3) is 0 Å². The zero-order valence-electron chi connectivity index (χ0n) is 16.7. The van der Waals surface area contributed by atoms with Crippen LogP contribution in [0.5, 0.6) is 0 Å². The maximum Gasteiger partial charge on any atom is 0.222 e. The van der Waals surface area contributed by atoms with Crippen molar-refractivity contribution in [3.05, 3.63) is 47.8 Å². The van der Waals surface area contributed by atoms with Crippen LogP contribution in [0.25, 0.3) is 16.4 Å². The number of thioether (sulfide) groups is 1. The lowest BCUT2D eigenvalue weighted by molar-refractivity contribution is -0.132. The third-order valence-corrected chi connectivity index (χ3v) is 7.17. The highest BCUT2D eigenvalue weighted by atomic mass is 32.2. The fourth-order valence-electron chi connectivity index (χ4n) is 3.54. The molecule has 0 aliphatic carbocycles. The molecule has 152 valence electrons. The van der Waals surface area contributed by atoms with Crippen molar-refractivity contribution < 1.29 is 4.79 Å². The Balaban J connectivity index is 1.39. The summed E-state index contributed by atoms with van der Waals surface area (Å²) in [6.45, 7) is 4.10. The fraction of sp³-hybridized carbons (Fsp3) is 0.409. The summed E-state index contributed by atoms with van der Waals surface area (Å²) in [6, 6.07) is 14.3. The first-order valence-electron chi connectivity index (χ1n) is 10.2. The molecule has 1 fully saturated rings. The topological polar surface area (TPSA) is 51.0 Å². The average Bonchev–Trinajstić information content (AvgIpc) is 3.42. The number of carbonyl (C=O) groups excluding carboxylic acids is 1. The number of benzene rings is 1. The summed E-state index contributed by atoms with van der Waals surface area (Å²) in [7, 11) is 0. The standard InChI is InChI=1S/C22H26N4OS2/c1-17-11-13-25(14-12-17)20(27)10-6-16-29-22-24-23-21(19-9-5-15-28-19)26(22)18-7-3-2-4-8-18/h2-5,7-9,15,17H,6,10-14,16H2,1H3. The van der Waals surface area contributed by atoms with E-state index in [0.29, 0.717) is 12.3 Å². The molecule has 0 saturated carbocycles. The number of hydrogen-bond acceptors (Lipinski definition) is 5. The Hall–Kier alpha value is -2.12. The number of carbonyl (C=O) groups is 1. The molecule has 4 rings (SSSR count). The van der Waals surface area contributed by atoms with Crippen molar-refractivity contribution in [1.82, 2.24) is 19.7 Å². The summed E-state index contributed by atoms with van der Waals surface area (Å²) in [4.78, 5) is 15.6. The largest absolute Gasteiger partial charge is 0.343 e. The number of nitrogens with zero attached hydrogens (tertiary/aromatic N) is 4. The van der Waals surface area contributed by atoms with Gasteiger partial charge >= 0.3 is 0 Å². The SMILES string of the molecule is CC1CCN(C(=O)CCCSc2nnc(-c3cccs3)n2-c2ccccc2)CC1. The third kappa shape index (κ3) is 4.90. The molecule has 3 aromatic rings. The second-order valence-corrected chi connectivity index (χ2v) is 9.48. The monoisotopic (exact) mass is 426 g/mol. The summed E-state index contributed by atoms with van der Waals surface area (Å²) in [5, 5.41) is 11.8. The Bertz CT molecular complexity index is 916. The molecule has 0 radical (unpaired) electrons. The van der Waals surface area contributed by atoms with Crippen LogP contribution in [-0.2, 0) is 4.79 Å². The van der Waals surface area contributed by atoms with Gasteiger partial charge in [-0.25, -0.2) is 0 Å². The van der Waals surface area contributed by atoms with Crippen LogP contribution in [0, 0.1) is 5.92 Å². The van der Waals surface area contributed by atoms with Crippen molar-refractivity contribution in [2.75, 3.05) is 18.8 Å². The van der Waals surface area contributed by atoms with E-state index in [2.05, 4.69) is 45.3 Å². The molecule has 5 nitrogen and oxygen atoms in total. The van der Waals surface area contributed by atoms with Crippen molar-refractivity contribution in [2.24, 2.45) is 5.92 Å². The molecular weight excluding hydrogens is 400 g/mol. The predicted octanol–water partition coefficient (Wildman–Crippen LogP) is 5.13. The molecule has 1 aliphatic heterocycles. The lowest BCUT2D eigenvalue weighted by Crippen LogP contribution is -2.37. The van der Waals surface area contributed by atoms with Gasteiger partial charge in [0.2, 0.25) is 5.91 Å². The van der Waals surface area contributed by atoms with Gasteiger partial charge in [0.1, 0.15) is 0 Å². The molecular formula is C22H26N4OS2. The molecule has 29 heavy (non-hydrogen) atoms. The fourth-order valence-corrected chi connectivity index (χ4v) is 5.13. The van der Waals surface area contributed by atoms with E-state index in [4.69, 9.17) is 0 Å². The third-order valence-electron chi connectivity index (χ3n) is 5.29. The molecule has 0 N–H and O–H groups in total. The van der Waals surface area contributed by atoms with E-state index in [1.807, 2.05) is 29.2 Å². The first-order valence-corrected chi connectivity index (χ1v) is 12.0. The molecule has 1 aromatic carbocycles. The minimum absolute atomic E-state index is 0.293. The van der Waals surface area contributed by atoms with Crippen molar-refractivity contribution in [3.8, 4) is 16.4 Å². The maximum absolute atomic E-state index is 12.4. The van der Waals surface area contributed by atoms with E-state index in [1.54, 1.807) is 23.1 Å². The minimum atomic E-state index is 0.293. The molecule has 0 unspecified atom stereocenters. The maximum atomic E-state index is 12.4. The summed E-state index contributed by atoms with van der Waals surface area (Å²) in [5.74, 6) is 2.76. The molecule has 0 bridgehead atoms. The number of aromatic nitrogens is 3. The quantitative estimate of drug-likeness (QED) is 0.388. The highest BCUT2D eigenvalue weighted by molar-refractivity contribution is 7.99. The van der Waals surface area contributed by atoms with Gasteiger partial charge in [-0.2, -0.15) is 0 Å². The first kappa shape index (κ1) is 20.2.